The topological polar surface area (TPSA) is 532 Å². The lowest BCUT2D eigenvalue weighted by Gasteiger charge is -2.28. The molecule has 1 rings (SSSR count). The Hall–Kier alpha value is -7.55. The number of hydrogen-bond donors (Lipinski definition) is 18. The number of amides is 10. The van der Waals surface area contributed by atoms with Gasteiger partial charge >= 0.3 is 11.9 Å². The van der Waals surface area contributed by atoms with Gasteiger partial charge in [0.15, 0.2) is 11.9 Å². The summed E-state index contributed by atoms with van der Waals surface area (Å²) in [5, 5.41) is 48.7. The Bertz CT molecular complexity index is 2140. The third-order valence-electron chi connectivity index (χ3n) is 11.2. The smallest absolute Gasteiger partial charge is 0.328 e. The van der Waals surface area contributed by atoms with Crippen molar-refractivity contribution in [3.8, 4) is 0 Å². The van der Waals surface area contributed by atoms with Crippen LogP contribution in [0.3, 0.4) is 0 Å². The van der Waals surface area contributed by atoms with Gasteiger partial charge in [-0.15, -0.1) is 0 Å². The first-order valence-corrected chi connectivity index (χ1v) is 25.2. The van der Waals surface area contributed by atoms with Crippen LogP contribution in [0.2, 0.25) is 0 Å². The second-order valence-electron chi connectivity index (χ2n) is 18.5. The van der Waals surface area contributed by atoms with E-state index in [2.05, 4.69) is 59.8 Å². The largest absolute Gasteiger partial charge is 0.481 e. The van der Waals surface area contributed by atoms with Crippen LogP contribution in [0.25, 0.3) is 0 Å². The van der Waals surface area contributed by atoms with E-state index in [4.69, 9.17) is 33.8 Å². The van der Waals surface area contributed by atoms with E-state index >= 15 is 0 Å². The Balaban J connectivity index is 3.13. The van der Waals surface area contributed by atoms with E-state index in [0.29, 0.717) is 19.4 Å². The van der Waals surface area contributed by atoms with Gasteiger partial charge in [-0.1, -0.05) is 27.7 Å². The van der Waals surface area contributed by atoms with E-state index in [-0.39, 0.29) is 68.8 Å². The maximum absolute atomic E-state index is 13.8. The van der Waals surface area contributed by atoms with Crippen molar-refractivity contribution in [2.45, 2.75) is 127 Å². The number of hydrogen-bond acceptors (Lipinski definition) is 17. The maximum atomic E-state index is 13.8. The number of carbonyl (C=O) groups excluding carboxylic acids is 10. The summed E-state index contributed by atoms with van der Waals surface area (Å²) in [4.78, 5) is 164. The average Bonchev–Trinajstić information content (AvgIpc) is 3.85. The van der Waals surface area contributed by atoms with Crippen LogP contribution in [0.15, 0.2) is 9.98 Å². The summed E-state index contributed by atoms with van der Waals surface area (Å²) >= 11 is 4.07. The van der Waals surface area contributed by atoms with Gasteiger partial charge in [-0.25, -0.2) is 4.79 Å². The van der Waals surface area contributed by atoms with Crippen molar-refractivity contribution < 1.29 is 72.9 Å². The summed E-state index contributed by atoms with van der Waals surface area (Å²) in [5.41, 5.74) is 27.5. The number of guanidine groups is 2. The molecule has 0 aromatic carbocycles. The van der Waals surface area contributed by atoms with Crippen molar-refractivity contribution in [3.63, 3.8) is 0 Å². The number of rotatable bonds is 35. The molecule has 32 nitrogen and oxygen atoms in total. The molecule has 1 aliphatic rings. The minimum atomic E-state index is -1.84. The number of nitrogens with one attached hydrogen (secondary N) is 9. The lowest BCUT2D eigenvalue weighted by atomic mass is 10.0. The van der Waals surface area contributed by atoms with Gasteiger partial charge in [-0.2, -0.15) is 12.6 Å². The zero-order valence-electron chi connectivity index (χ0n) is 43.5. The number of aliphatic hydroxyl groups excluding tert-OH is 1. The standard InChI is InChI=1S/C44H77N17O15S/c1-21(2)14-26(58-39(72)29-10-7-13-61(29)41(74)23(45)20-77)37(70)54-18-32(65)60-34(22(3)4)40(73)57-25(9-6-12-51-44(48)49)36(69)53-16-30(63)55-24(8-5-11-50-43(46)47)35(68)52-17-31(64)56-27(15-33(66)67)38(71)59-28(19-62)42(75)76/h21-29,34,62,77H,5-20,45H2,1-4H3,(H,52,68)(H,53,69)(H,54,70)(H,55,63)(H,56,64)(H,57,73)(H,58,72)(H,59,71)(H,60,65)(H,66,67)(H,75,76)(H4,46,47,50)(H4,48,49,51)/t23-,24-,25-,26-,27-,28-,29-,34-/m0/s1. The third-order valence-corrected chi connectivity index (χ3v) is 11.6. The molecule has 434 valence electrons. The van der Waals surface area contributed by atoms with Gasteiger partial charge in [0, 0.05) is 25.4 Å². The van der Waals surface area contributed by atoms with Gasteiger partial charge in [0.25, 0.3) is 0 Å². The number of likely N-dealkylation sites (tertiary alicyclic amines) is 1. The number of carboxylic acid groups (broad SMARTS) is 2. The first-order valence-electron chi connectivity index (χ1n) is 24.6. The average molecular weight is 1120 g/mol. The minimum Gasteiger partial charge on any atom is -0.481 e. The fourth-order valence-corrected chi connectivity index (χ4v) is 7.49. The fraction of sp³-hybridized carbons (Fsp3) is 0.682. The Morgan fingerprint density at radius 2 is 1.09 bits per heavy atom. The normalized spacial score (nSPS) is 15.6. The molecule has 33 heteroatoms. The van der Waals surface area contributed by atoms with Gasteiger partial charge in [-0.3, -0.25) is 62.7 Å². The number of thiol groups is 1. The molecular weight excluding hydrogens is 1040 g/mol. The maximum Gasteiger partial charge on any atom is 0.328 e. The molecule has 0 unspecified atom stereocenters. The molecule has 1 heterocycles. The zero-order valence-corrected chi connectivity index (χ0v) is 44.4. The summed E-state index contributed by atoms with van der Waals surface area (Å²) in [7, 11) is 0. The van der Waals surface area contributed by atoms with E-state index in [1.165, 1.54) is 4.90 Å². The summed E-state index contributed by atoms with van der Waals surface area (Å²) in [6.45, 7) is 3.79. The van der Waals surface area contributed by atoms with Gasteiger partial charge in [0.05, 0.1) is 38.7 Å². The summed E-state index contributed by atoms with van der Waals surface area (Å²) in [5.74, 6) is -12.9. The Labute approximate surface area is 449 Å². The van der Waals surface area contributed by atoms with Crippen LogP contribution in [-0.2, 0) is 57.5 Å². The first kappa shape index (κ1) is 67.5. The van der Waals surface area contributed by atoms with Gasteiger partial charge in [0.1, 0.15) is 42.3 Å². The van der Waals surface area contributed by atoms with Gasteiger partial charge in [-0.05, 0) is 56.8 Å². The molecule has 0 aliphatic carbocycles. The second kappa shape index (κ2) is 34.9. The molecule has 0 aromatic heterocycles. The van der Waals surface area contributed by atoms with Gasteiger partial charge in [0.2, 0.25) is 59.1 Å². The highest BCUT2D eigenvalue weighted by Gasteiger charge is 2.38. The number of aliphatic carboxylic acids is 2. The van der Waals surface area contributed by atoms with Crippen molar-refractivity contribution in [3.05, 3.63) is 0 Å². The number of aliphatic hydroxyl groups is 1. The summed E-state index contributed by atoms with van der Waals surface area (Å²) in [6.07, 6.45) is 0.0161. The molecule has 1 aliphatic heterocycles. The molecule has 0 spiro atoms. The molecular formula is C44H77N17O15S. The predicted molar refractivity (Wildman–Crippen MR) is 278 cm³/mol. The second-order valence-corrected chi connectivity index (χ2v) is 18.9. The van der Waals surface area contributed by atoms with Crippen LogP contribution in [0.1, 0.15) is 79.1 Å². The number of nitrogens with two attached hydrogens (primary N) is 5. The number of nitrogens with zero attached hydrogens (tertiary/aromatic N) is 3. The highest BCUT2D eigenvalue weighted by Crippen LogP contribution is 2.19. The van der Waals surface area contributed by atoms with E-state index < -0.39 is 158 Å². The molecule has 0 bridgehead atoms. The molecule has 22 N–H and O–H groups in total. The minimum absolute atomic E-state index is 0.0130. The highest BCUT2D eigenvalue weighted by molar-refractivity contribution is 7.80. The van der Waals surface area contributed by atoms with Crippen LogP contribution in [-0.4, -0.2) is 203 Å². The van der Waals surface area contributed by atoms with Crippen molar-refractivity contribution in [2.75, 3.05) is 51.6 Å². The van der Waals surface area contributed by atoms with Crippen molar-refractivity contribution in [1.82, 2.24) is 52.8 Å². The predicted octanol–water partition coefficient (Wildman–Crippen LogP) is -8.15. The number of carboxylic acids is 2. The van der Waals surface area contributed by atoms with Crippen molar-refractivity contribution >= 4 is 95.6 Å². The summed E-state index contributed by atoms with van der Waals surface area (Å²) < 4.78 is 0. The Morgan fingerprint density at radius 1 is 0.623 bits per heavy atom. The van der Waals surface area contributed by atoms with Crippen LogP contribution < -0.4 is 76.5 Å². The van der Waals surface area contributed by atoms with Crippen LogP contribution in [0.5, 0.6) is 0 Å². The third kappa shape index (κ3) is 26.2. The van der Waals surface area contributed by atoms with E-state index in [1.54, 1.807) is 13.8 Å². The molecule has 77 heavy (non-hydrogen) atoms. The fourth-order valence-electron chi connectivity index (χ4n) is 7.33. The molecule has 8 atom stereocenters. The highest BCUT2D eigenvalue weighted by atomic mass is 32.1. The van der Waals surface area contributed by atoms with Gasteiger partial charge < -0.3 is 96.7 Å². The van der Waals surface area contributed by atoms with E-state index in [1.807, 2.05) is 24.5 Å². The van der Waals surface area contributed by atoms with Crippen molar-refractivity contribution in [2.24, 2.45) is 50.5 Å². The van der Waals surface area contributed by atoms with E-state index in [9.17, 15) is 67.7 Å². The molecule has 0 aromatic rings. The van der Waals surface area contributed by atoms with Crippen molar-refractivity contribution in [1.29, 1.82) is 0 Å². The number of aliphatic imine (C=N–C) groups is 2. The lowest BCUT2D eigenvalue weighted by Crippen LogP contribution is -2.58. The lowest BCUT2D eigenvalue weighted by molar-refractivity contribution is -0.144. The molecule has 1 saturated heterocycles. The molecule has 0 saturated carbocycles. The quantitative estimate of drug-likeness (QED) is 0.0121. The van der Waals surface area contributed by atoms with Crippen LogP contribution in [0, 0.1) is 11.8 Å². The Kier molecular flexibility index (Phi) is 30.6. The monoisotopic (exact) mass is 1120 g/mol. The SMILES string of the molecule is CC(C)C[C@H](NC(=O)[C@@H]1CCCN1C(=O)[C@@H](N)CS)C(=O)NCC(=O)N[C@H](C(=O)N[C@@H](CCCN=C(N)N)C(=O)NCC(=O)N[C@@H](CCCN=C(N)N)C(=O)NCC(=O)N[C@@H](CC(=O)O)C(=O)N[C@@H](CO)C(=O)O)C(C)C. The molecule has 0 radical (unpaired) electrons. The molecule has 1 fully saturated rings. The van der Waals surface area contributed by atoms with Crippen LogP contribution >= 0.6 is 12.6 Å². The number of carbonyl (C=O) groups is 12. The summed E-state index contributed by atoms with van der Waals surface area (Å²) in [6, 6.07) is -10.6. The first-order chi connectivity index (χ1) is 36.1. The van der Waals surface area contributed by atoms with Crippen LogP contribution in [0.4, 0.5) is 0 Å². The Morgan fingerprint density at radius 3 is 1.53 bits per heavy atom. The van der Waals surface area contributed by atoms with E-state index in [0.717, 1.165) is 0 Å². The molecule has 10 amide bonds. The zero-order chi connectivity index (χ0) is 58.5.